The summed E-state index contributed by atoms with van der Waals surface area (Å²) in [4.78, 5) is 4.71. The van der Waals surface area contributed by atoms with Gasteiger partial charge in [-0.25, -0.2) is 4.98 Å². The number of nitrogens with one attached hydrogen (secondary N) is 1. The fraction of sp³-hybridized carbons (Fsp3) is 0.118. The summed E-state index contributed by atoms with van der Waals surface area (Å²) < 4.78 is 1.96. The van der Waals surface area contributed by atoms with E-state index >= 15 is 0 Å². The Bertz CT molecular complexity index is 930. The Morgan fingerprint density at radius 2 is 1.77 bits per heavy atom. The quantitative estimate of drug-likeness (QED) is 0.627. The van der Waals surface area contributed by atoms with E-state index in [0.29, 0.717) is 0 Å². The zero-order valence-corrected chi connectivity index (χ0v) is 12.1. The standard InChI is InChI=1S/C17H15N5/c1-12(13-7-3-2-4-8-13)19-16-17-21-18-11-22(17)15-10-6-5-9-14(15)20-16/h2-12H,1H3,(H,19,20)/t12-/m0/s1. The molecule has 0 saturated carbocycles. The highest BCUT2D eigenvalue weighted by Crippen LogP contribution is 2.23. The van der Waals surface area contributed by atoms with Gasteiger partial charge in [-0.05, 0) is 24.6 Å². The minimum Gasteiger partial charge on any atom is -0.360 e. The fourth-order valence-corrected chi connectivity index (χ4v) is 2.63. The van der Waals surface area contributed by atoms with Crippen LogP contribution in [0.1, 0.15) is 18.5 Å². The largest absolute Gasteiger partial charge is 0.360 e. The molecule has 1 N–H and O–H groups in total. The highest BCUT2D eigenvalue weighted by Gasteiger charge is 2.13. The molecule has 4 rings (SSSR count). The molecule has 5 nitrogen and oxygen atoms in total. The Kier molecular flexibility index (Phi) is 2.96. The molecule has 4 aromatic rings. The first-order valence-electron chi connectivity index (χ1n) is 7.23. The lowest BCUT2D eigenvalue weighted by atomic mass is 10.1. The third-order valence-corrected chi connectivity index (χ3v) is 3.79. The van der Waals surface area contributed by atoms with E-state index in [2.05, 4.69) is 34.6 Å². The Balaban J connectivity index is 1.82. The average Bonchev–Trinajstić information content (AvgIpc) is 3.06. The van der Waals surface area contributed by atoms with Crippen molar-refractivity contribution in [1.29, 1.82) is 0 Å². The highest BCUT2D eigenvalue weighted by molar-refractivity contribution is 5.82. The van der Waals surface area contributed by atoms with Crippen molar-refractivity contribution in [1.82, 2.24) is 19.6 Å². The Morgan fingerprint density at radius 3 is 2.64 bits per heavy atom. The minimum absolute atomic E-state index is 0.135. The first kappa shape index (κ1) is 12.8. The molecule has 0 aliphatic carbocycles. The summed E-state index contributed by atoms with van der Waals surface area (Å²) in [5.41, 5.74) is 3.86. The van der Waals surface area contributed by atoms with Crippen molar-refractivity contribution in [2.24, 2.45) is 0 Å². The summed E-state index contributed by atoms with van der Waals surface area (Å²) in [5, 5.41) is 11.7. The first-order valence-corrected chi connectivity index (χ1v) is 7.23. The summed E-state index contributed by atoms with van der Waals surface area (Å²) in [6, 6.07) is 18.4. The molecule has 0 unspecified atom stereocenters. The van der Waals surface area contributed by atoms with Gasteiger partial charge in [0.25, 0.3) is 0 Å². The minimum atomic E-state index is 0.135. The van der Waals surface area contributed by atoms with Crippen molar-refractivity contribution in [3.8, 4) is 0 Å². The van der Waals surface area contributed by atoms with E-state index in [0.717, 1.165) is 22.5 Å². The number of rotatable bonds is 3. The van der Waals surface area contributed by atoms with Gasteiger partial charge in [0.2, 0.25) is 5.65 Å². The van der Waals surface area contributed by atoms with E-state index in [1.165, 1.54) is 5.56 Å². The van der Waals surface area contributed by atoms with Crippen molar-refractivity contribution in [2.45, 2.75) is 13.0 Å². The van der Waals surface area contributed by atoms with Crippen LogP contribution in [0.3, 0.4) is 0 Å². The van der Waals surface area contributed by atoms with Crippen LogP contribution in [0.2, 0.25) is 0 Å². The summed E-state index contributed by atoms with van der Waals surface area (Å²) in [6.07, 6.45) is 1.72. The second kappa shape index (κ2) is 5.11. The maximum atomic E-state index is 4.71. The predicted octanol–water partition coefficient (Wildman–Crippen LogP) is 3.45. The van der Waals surface area contributed by atoms with Gasteiger partial charge in [0.05, 0.1) is 17.1 Å². The summed E-state index contributed by atoms with van der Waals surface area (Å²) in [5.74, 6) is 0.743. The molecule has 0 aliphatic rings. The zero-order valence-electron chi connectivity index (χ0n) is 12.1. The maximum absolute atomic E-state index is 4.71. The van der Waals surface area contributed by atoms with E-state index in [1.54, 1.807) is 6.33 Å². The molecule has 2 aromatic carbocycles. The van der Waals surface area contributed by atoms with Gasteiger partial charge in [0, 0.05) is 0 Å². The molecular formula is C17H15N5. The highest BCUT2D eigenvalue weighted by atomic mass is 15.3. The van der Waals surface area contributed by atoms with Crippen molar-refractivity contribution in [3.63, 3.8) is 0 Å². The van der Waals surface area contributed by atoms with Crippen molar-refractivity contribution in [2.75, 3.05) is 5.32 Å². The smallest absolute Gasteiger partial charge is 0.203 e. The topological polar surface area (TPSA) is 55.1 Å². The summed E-state index contributed by atoms with van der Waals surface area (Å²) >= 11 is 0. The molecule has 0 spiro atoms. The molecule has 0 radical (unpaired) electrons. The van der Waals surface area contributed by atoms with Crippen molar-refractivity contribution in [3.05, 3.63) is 66.5 Å². The van der Waals surface area contributed by atoms with Crippen LogP contribution in [0, 0.1) is 0 Å². The molecular weight excluding hydrogens is 274 g/mol. The van der Waals surface area contributed by atoms with Crippen LogP contribution in [0.5, 0.6) is 0 Å². The number of hydrogen-bond donors (Lipinski definition) is 1. The van der Waals surface area contributed by atoms with Crippen LogP contribution in [0.25, 0.3) is 16.7 Å². The molecule has 0 bridgehead atoms. The number of para-hydroxylation sites is 2. The van der Waals surface area contributed by atoms with Crippen LogP contribution in [0.15, 0.2) is 60.9 Å². The van der Waals surface area contributed by atoms with Gasteiger partial charge in [0.15, 0.2) is 5.82 Å². The Hall–Kier alpha value is -2.95. The molecule has 22 heavy (non-hydrogen) atoms. The summed E-state index contributed by atoms with van der Waals surface area (Å²) in [6.45, 7) is 2.11. The molecule has 2 aromatic heterocycles. The number of nitrogens with zero attached hydrogens (tertiary/aromatic N) is 4. The van der Waals surface area contributed by atoms with E-state index in [9.17, 15) is 0 Å². The molecule has 2 heterocycles. The van der Waals surface area contributed by atoms with Crippen molar-refractivity contribution >= 4 is 22.5 Å². The van der Waals surface area contributed by atoms with E-state index in [-0.39, 0.29) is 6.04 Å². The molecule has 108 valence electrons. The van der Waals surface area contributed by atoms with Gasteiger partial charge >= 0.3 is 0 Å². The number of anilines is 1. The van der Waals surface area contributed by atoms with E-state index in [1.807, 2.05) is 46.9 Å². The fourth-order valence-electron chi connectivity index (χ4n) is 2.63. The van der Waals surface area contributed by atoms with Crippen molar-refractivity contribution < 1.29 is 0 Å². The third-order valence-electron chi connectivity index (χ3n) is 3.79. The molecule has 0 fully saturated rings. The van der Waals surface area contributed by atoms with Crippen LogP contribution in [-0.2, 0) is 0 Å². The number of benzene rings is 2. The lowest BCUT2D eigenvalue weighted by Gasteiger charge is -2.16. The van der Waals surface area contributed by atoms with Crippen LogP contribution in [0.4, 0.5) is 5.82 Å². The van der Waals surface area contributed by atoms with Gasteiger partial charge in [-0.3, -0.25) is 4.40 Å². The van der Waals surface area contributed by atoms with Crippen LogP contribution < -0.4 is 5.32 Å². The van der Waals surface area contributed by atoms with Gasteiger partial charge < -0.3 is 5.32 Å². The molecule has 5 heteroatoms. The lowest BCUT2D eigenvalue weighted by Crippen LogP contribution is -2.09. The SMILES string of the molecule is C[C@H](Nc1nc2ccccc2n2cnnc12)c1ccccc1. The third kappa shape index (κ3) is 2.07. The van der Waals surface area contributed by atoms with Gasteiger partial charge in [-0.2, -0.15) is 0 Å². The van der Waals surface area contributed by atoms with Gasteiger partial charge in [-0.1, -0.05) is 42.5 Å². The monoisotopic (exact) mass is 289 g/mol. The van der Waals surface area contributed by atoms with Gasteiger partial charge in [-0.15, -0.1) is 10.2 Å². The van der Waals surface area contributed by atoms with E-state index < -0.39 is 0 Å². The zero-order chi connectivity index (χ0) is 14.9. The number of hydrogen-bond acceptors (Lipinski definition) is 4. The number of aromatic nitrogens is 4. The predicted molar refractivity (Wildman–Crippen MR) is 86.8 cm³/mol. The normalized spacial score (nSPS) is 12.6. The number of fused-ring (bicyclic) bond motifs is 3. The second-order valence-corrected chi connectivity index (χ2v) is 5.25. The first-order chi connectivity index (χ1) is 10.8. The van der Waals surface area contributed by atoms with Crippen LogP contribution >= 0.6 is 0 Å². The molecule has 0 amide bonds. The lowest BCUT2D eigenvalue weighted by molar-refractivity contribution is 0.875. The Morgan fingerprint density at radius 1 is 1.00 bits per heavy atom. The maximum Gasteiger partial charge on any atom is 0.203 e. The second-order valence-electron chi connectivity index (χ2n) is 5.25. The van der Waals surface area contributed by atoms with Crippen LogP contribution in [-0.4, -0.2) is 19.6 Å². The molecule has 1 atom stereocenters. The summed E-state index contributed by atoms with van der Waals surface area (Å²) in [7, 11) is 0. The van der Waals surface area contributed by atoms with E-state index in [4.69, 9.17) is 4.98 Å². The average molecular weight is 289 g/mol. The molecule has 0 saturated heterocycles. The Labute approximate surface area is 127 Å². The molecule has 0 aliphatic heterocycles. The van der Waals surface area contributed by atoms with Gasteiger partial charge in [0.1, 0.15) is 6.33 Å².